The molecule has 1 heterocycles. The third-order valence-electron chi connectivity index (χ3n) is 2.80. The summed E-state index contributed by atoms with van der Waals surface area (Å²) in [6.45, 7) is 7.05. The minimum absolute atomic E-state index is 0.0412. The van der Waals surface area contributed by atoms with Crippen molar-refractivity contribution < 1.29 is 4.79 Å². The van der Waals surface area contributed by atoms with Crippen molar-refractivity contribution in [2.24, 2.45) is 0 Å². The molecule has 0 aromatic rings. The zero-order valence-corrected chi connectivity index (χ0v) is 9.70. The second-order valence-corrected chi connectivity index (χ2v) is 3.97. The number of carbonyl (C=O) groups is 1. The number of nitrogens with zero attached hydrogens (tertiary/aromatic N) is 2. The highest BCUT2D eigenvalue weighted by atomic mass is 16.2. The van der Waals surface area contributed by atoms with E-state index in [0.717, 1.165) is 26.1 Å². The first-order chi connectivity index (χ1) is 7.20. The van der Waals surface area contributed by atoms with Gasteiger partial charge in [-0.1, -0.05) is 6.08 Å². The van der Waals surface area contributed by atoms with Crippen LogP contribution < -0.4 is 5.32 Å². The standard InChI is InChI=1S/C11H21N3O/c1-4-6-14-8-5-7-13(3)11(15)10(14)9-12-2/h4,10,12H,1,5-9H2,2-3H3. The van der Waals surface area contributed by atoms with E-state index in [9.17, 15) is 4.79 Å². The highest BCUT2D eigenvalue weighted by Crippen LogP contribution is 2.09. The Morgan fingerprint density at radius 2 is 2.33 bits per heavy atom. The third kappa shape index (κ3) is 3.04. The molecule has 1 saturated heterocycles. The summed E-state index contributed by atoms with van der Waals surface area (Å²) in [6, 6.07) is -0.0412. The Kier molecular flexibility index (Phi) is 4.78. The summed E-state index contributed by atoms with van der Waals surface area (Å²) >= 11 is 0. The van der Waals surface area contributed by atoms with Crippen molar-refractivity contribution in [2.75, 3.05) is 40.3 Å². The molecule has 0 bridgehead atoms. The van der Waals surface area contributed by atoms with Crippen LogP contribution in [0, 0.1) is 0 Å². The lowest BCUT2D eigenvalue weighted by molar-refractivity contribution is -0.133. The predicted molar refractivity (Wildman–Crippen MR) is 61.7 cm³/mol. The summed E-state index contributed by atoms with van der Waals surface area (Å²) in [5.74, 6) is 0.212. The SMILES string of the molecule is C=CCN1CCCN(C)C(=O)C1CNC. The van der Waals surface area contributed by atoms with Gasteiger partial charge in [0, 0.05) is 33.2 Å². The number of hydrogen-bond donors (Lipinski definition) is 1. The summed E-state index contributed by atoms with van der Waals surface area (Å²) in [4.78, 5) is 16.0. The summed E-state index contributed by atoms with van der Waals surface area (Å²) in [7, 11) is 3.76. The number of nitrogens with one attached hydrogen (secondary N) is 1. The van der Waals surface area contributed by atoms with E-state index in [2.05, 4.69) is 16.8 Å². The Balaban J connectivity index is 2.74. The Hall–Kier alpha value is -0.870. The molecule has 4 heteroatoms. The van der Waals surface area contributed by atoms with Gasteiger partial charge in [0.05, 0.1) is 0 Å². The highest BCUT2D eigenvalue weighted by molar-refractivity contribution is 5.82. The first-order valence-corrected chi connectivity index (χ1v) is 5.45. The second kappa shape index (κ2) is 5.88. The van der Waals surface area contributed by atoms with Crippen molar-refractivity contribution in [3.05, 3.63) is 12.7 Å². The summed E-state index contributed by atoms with van der Waals surface area (Å²) in [5.41, 5.74) is 0. The molecule has 0 radical (unpaired) electrons. The summed E-state index contributed by atoms with van der Waals surface area (Å²) in [6.07, 6.45) is 2.90. The van der Waals surface area contributed by atoms with Crippen LogP contribution in [0.4, 0.5) is 0 Å². The van der Waals surface area contributed by atoms with Crippen molar-refractivity contribution >= 4 is 5.91 Å². The highest BCUT2D eigenvalue weighted by Gasteiger charge is 2.29. The van der Waals surface area contributed by atoms with E-state index in [-0.39, 0.29) is 11.9 Å². The zero-order valence-electron chi connectivity index (χ0n) is 9.70. The van der Waals surface area contributed by atoms with Gasteiger partial charge in [-0.3, -0.25) is 9.69 Å². The van der Waals surface area contributed by atoms with Crippen LogP contribution in [0.2, 0.25) is 0 Å². The third-order valence-corrected chi connectivity index (χ3v) is 2.80. The minimum Gasteiger partial charge on any atom is -0.344 e. The van der Waals surface area contributed by atoms with Crippen LogP contribution >= 0.6 is 0 Å². The lowest BCUT2D eigenvalue weighted by Crippen LogP contribution is -2.49. The van der Waals surface area contributed by atoms with Crippen molar-refractivity contribution in [3.63, 3.8) is 0 Å². The molecular formula is C11H21N3O. The molecule has 1 aliphatic heterocycles. The van der Waals surface area contributed by atoms with Crippen molar-refractivity contribution in [1.29, 1.82) is 0 Å². The number of amides is 1. The molecule has 1 unspecified atom stereocenters. The average Bonchev–Trinajstić information content (AvgIpc) is 2.34. The van der Waals surface area contributed by atoms with E-state index in [1.54, 1.807) is 0 Å². The molecule has 1 aliphatic rings. The summed E-state index contributed by atoms with van der Waals surface area (Å²) < 4.78 is 0. The van der Waals surface area contributed by atoms with Crippen LogP contribution in [-0.2, 0) is 4.79 Å². The molecule has 0 saturated carbocycles. The van der Waals surface area contributed by atoms with Gasteiger partial charge >= 0.3 is 0 Å². The van der Waals surface area contributed by atoms with E-state index in [4.69, 9.17) is 0 Å². The van der Waals surface area contributed by atoms with E-state index < -0.39 is 0 Å². The number of carbonyl (C=O) groups excluding carboxylic acids is 1. The van der Waals surface area contributed by atoms with E-state index in [1.165, 1.54) is 0 Å². The van der Waals surface area contributed by atoms with Gasteiger partial charge in [0.2, 0.25) is 5.91 Å². The van der Waals surface area contributed by atoms with Crippen LogP contribution in [0.5, 0.6) is 0 Å². The molecule has 0 spiro atoms. The average molecular weight is 211 g/mol. The molecule has 1 N–H and O–H groups in total. The zero-order chi connectivity index (χ0) is 11.3. The molecule has 1 atom stereocenters. The van der Waals surface area contributed by atoms with Gasteiger partial charge in [0.25, 0.3) is 0 Å². The van der Waals surface area contributed by atoms with Crippen molar-refractivity contribution in [2.45, 2.75) is 12.5 Å². The molecule has 0 aromatic carbocycles. The molecule has 86 valence electrons. The fourth-order valence-corrected chi connectivity index (χ4v) is 1.98. The molecule has 1 amide bonds. The van der Waals surface area contributed by atoms with Gasteiger partial charge in [0.1, 0.15) is 6.04 Å². The van der Waals surface area contributed by atoms with Crippen molar-refractivity contribution in [1.82, 2.24) is 15.1 Å². The topological polar surface area (TPSA) is 35.6 Å². The Morgan fingerprint density at radius 1 is 1.60 bits per heavy atom. The van der Waals surface area contributed by atoms with Crippen LogP contribution in [0.1, 0.15) is 6.42 Å². The number of hydrogen-bond acceptors (Lipinski definition) is 3. The monoisotopic (exact) mass is 211 g/mol. The molecular weight excluding hydrogens is 190 g/mol. The van der Waals surface area contributed by atoms with Gasteiger partial charge in [-0.25, -0.2) is 0 Å². The molecule has 0 aromatic heterocycles. The second-order valence-electron chi connectivity index (χ2n) is 3.97. The van der Waals surface area contributed by atoms with Gasteiger partial charge in [0.15, 0.2) is 0 Å². The first kappa shape index (κ1) is 12.2. The van der Waals surface area contributed by atoms with E-state index in [0.29, 0.717) is 6.54 Å². The Morgan fingerprint density at radius 3 is 2.93 bits per heavy atom. The molecule has 0 aliphatic carbocycles. The predicted octanol–water partition coefficient (Wildman–Crippen LogP) is -0.0755. The summed E-state index contributed by atoms with van der Waals surface area (Å²) in [5, 5.41) is 3.08. The maximum atomic E-state index is 12.0. The molecule has 15 heavy (non-hydrogen) atoms. The molecule has 4 nitrogen and oxygen atoms in total. The first-order valence-electron chi connectivity index (χ1n) is 5.45. The quantitative estimate of drug-likeness (QED) is 0.661. The number of likely N-dealkylation sites (N-methyl/N-ethyl adjacent to an activating group) is 2. The van der Waals surface area contributed by atoms with Crippen molar-refractivity contribution in [3.8, 4) is 0 Å². The normalized spacial score (nSPS) is 24.0. The van der Waals surface area contributed by atoms with Crippen LogP contribution in [-0.4, -0.2) is 62.0 Å². The van der Waals surface area contributed by atoms with Gasteiger partial charge in [-0.05, 0) is 13.5 Å². The van der Waals surface area contributed by atoms with Crippen LogP contribution in [0.3, 0.4) is 0 Å². The van der Waals surface area contributed by atoms with E-state index >= 15 is 0 Å². The van der Waals surface area contributed by atoms with Crippen LogP contribution in [0.25, 0.3) is 0 Å². The maximum absolute atomic E-state index is 12.0. The van der Waals surface area contributed by atoms with E-state index in [1.807, 2.05) is 25.1 Å². The maximum Gasteiger partial charge on any atom is 0.240 e. The van der Waals surface area contributed by atoms with Gasteiger partial charge in [-0.15, -0.1) is 6.58 Å². The molecule has 1 fully saturated rings. The van der Waals surface area contributed by atoms with Gasteiger partial charge in [-0.2, -0.15) is 0 Å². The van der Waals surface area contributed by atoms with Crippen LogP contribution in [0.15, 0.2) is 12.7 Å². The minimum atomic E-state index is -0.0412. The fraction of sp³-hybridized carbons (Fsp3) is 0.727. The Bertz CT molecular complexity index is 230. The fourth-order valence-electron chi connectivity index (χ4n) is 1.98. The lowest BCUT2D eigenvalue weighted by atomic mass is 10.2. The number of rotatable bonds is 4. The van der Waals surface area contributed by atoms with Gasteiger partial charge < -0.3 is 10.2 Å². The molecule has 1 rings (SSSR count). The lowest BCUT2D eigenvalue weighted by Gasteiger charge is -2.28. The largest absolute Gasteiger partial charge is 0.344 e. The Labute approximate surface area is 91.9 Å². The smallest absolute Gasteiger partial charge is 0.240 e.